The summed E-state index contributed by atoms with van der Waals surface area (Å²) in [6.45, 7) is 2.79. The van der Waals surface area contributed by atoms with Crippen LogP contribution in [0, 0.1) is 0 Å². The minimum Gasteiger partial charge on any atom is -0.383 e. The predicted molar refractivity (Wildman–Crippen MR) is 60.3 cm³/mol. The van der Waals surface area contributed by atoms with E-state index in [1.807, 2.05) is 0 Å². The number of nitrogens with one attached hydrogen (secondary N) is 2. The molecule has 1 amide bonds. The molecule has 0 bridgehead atoms. The average molecular weight is 226 g/mol. The second kappa shape index (κ2) is 6.97. The molecule has 0 atom stereocenters. The van der Waals surface area contributed by atoms with E-state index in [4.69, 9.17) is 4.74 Å². The number of carbonyl (C=O) groups is 1. The largest absolute Gasteiger partial charge is 0.383 e. The van der Waals surface area contributed by atoms with Crippen LogP contribution in [0.2, 0.25) is 0 Å². The van der Waals surface area contributed by atoms with E-state index >= 15 is 0 Å². The van der Waals surface area contributed by atoms with Crippen LogP contribution in [0.5, 0.6) is 0 Å². The Labute approximate surface area is 95.0 Å². The Bertz CT molecular complexity index is 324. The molecule has 16 heavy (non-hydrogen) atoms. The first-order valence-corrected chi connectivity index (χ1v) is 5.20. The number of ether oxygens (including phenoxy) is 1. The molecule has 6 nitrogen and oxygen atoms in total. The normalized spacial score (nSPS) is 10.4. The van der Waals surface area contributed by atoms with Crippen molar-refractivity contribution in [2.45, 2.75) is 0 Å². The van der Waals surface area contributed by atoms with Crippen LogP contribution in [-0.2, 0) is 11.8 Å². The lowest BCUT2D eigenvalue weighted by molar-refractivity contribution is 0.0945. The van der Waals surface area contributed by atoms with Gasteiger partial charge in [-0.3, -0.25) is 4.79 Å². The van der Waals surface area contributed by atoms with Crippen LogP contribution in [-0.4, -0.2) is 48.8 Å². The Morgan fingerprint density at radius 1 is 1.50 bits per heavy atom. The summed E-state index contributed by atoms with van der Waals surface area (Å²) in [4.78, 5) is 15.5. The van der Waals surface area contributed by atoms with Gasteiger partial charge in [-0.1, -0.05) is 0 Å². The summed E-state index contributed by atoms with van der Waals surface area (Å²) in [6.07, 6.45) is 3.15. The van der Waals surface area contributed by atoms with Gasteiger partial charge in [-0.2, -0.15) is 0 Å². The lowest BCUT2D eigenvalue weighted by Crippen LogP contribution is -2.33. The molecule has 0 aliphatic carbocycles. The molecule has 0 saturated carbocycles. The molecule has 0 spiro atoms. The van der Waals surface area contributed by atoms with E-state index in [9.17, 15) is 4.79 Å². The Hall–Kier alpha value is -1.40. The fraction of sp³-hybridized carbons (Fsp3) is 0.600. The summed E-state index contributed by atoms with van der Waals surface area (Å²) in [7, 11) is 3.45. The third-order valence-corrected chi connectivity index (χ3v) is 2.12. The number of imidazole rings is 1. The van der Waals surface area contributed by atoms with Gasteiger partial charge >= 0.3 is 0 Å². The highest BCUT2D eigenvalue weighted by atomic mass is 16.5. The van der Waals surface area contributed by atoms with E-state index in [-0.39, 0.29) is 5.91 Å². The van der Waals surface area contributed by atoms with Crippen molar-refractivity contribution in [2.24, 2.45) is 7.05 Å². The molecule has 90 valence electrons. The van der Waals surface area contributed by atoms with Crippen LogP contribution < -0.4 is 10.6 Å². The summed E-state index contributed by atoms with van der Waals surface area (Å²) in [5, 5.41) is 5.94. The van der Waals surface area contributed by atoms with E-state index in [2.05, 4.69) is 15.6 Å². The van der Waals surface area contributed by atoms with Crippen molar-refractivity contribution in [1.29, 1.82) is 0 Å². The predicted octanol–water partition coefficient (Wildman–Crippen LogP) is -0.614. The number of carbonyl (C=O) groups excluding carboxylic acids is 1. The fourth-order valence-corrected chi connectivity index (χ4v) is 1.23. The molecule has 0 fully saturated rings. The van der Waals surface area contributed by atoms with E-state index in [0.717, 1.165) is 13.1 Å². The van der Waals surface area contributed by atoms with Crippen molar-refractivity contribution < 1.29 is 9.53 Å². The quantitative estimate of drug-likeness (QED) is 0.608. The Kier molecular flexibility index (Phi) is 5.52. The first-order chi connectivity index (χ1) is 7.75. The maximum absolute atomic E-state index is 11.6. The van der Waals surface area contributed by atoms with E-state index in [1.54, 1.807) is 31.2 Å². The van der Waals surface area contributed by atoms with Gasteiger partial charge in [0.2, 0.25) is 0 Å². The molecule has 0 aliphatic heterocycles. The van der Waals surface area contributed by atoms with Gasteiger partial charge < -0.3 is 19.9 Å². The third-order valence-electron chi connectivity index (χ3n) is 2.12. The van der Waals surface area contributed by atoms with Crippen LogP contribution >= 0.6 is 0 Å². The van der Waals surface area contributed by atoms with Crippen molar-refractivity contribution in [1.82, 2.24) is 20.2 Å². The maximum atomic E-state index is 11.6. The van der Waals surface area contributed by atoms with Crippen molar-refractivity contribution in [3.63, 3.8) is 0 Å². The molecular formula is C10H18N4O2. The first-order valence-electron chi connectivity index (χ1n) is 5.20. The standard InChI is InChI=1S/C10H18N4O2/c1-14-8-12-7-9(14)10(15)13-4-3-11-5-6-16-2/h7-8,11H,3-6H2,1-2H3,(H,13,15). The summed E-state index contributed by atoms with van der Waals surface area (Å²) >= 11 is 0. The molecular weight excluding hydrogens is 208 g/mol. The van der Waals surface area contributed by atoms with Crippen molar-refractivity contribution in [2.75, 3.05) is 33.4 Å². The lowest BCUT2D eigenvalue weighted by atomic mass is 10.4. The molecule has 0 radical (unpaired) electrons. The monoisotopic (exact) mass is 226 g/mol. The number of aromatic nitrogens is 2. The number of rotatable bonds is 7. The van der Waals surface area contributed by atoms with E-state index in [1.165, 1.54) is 0 Å². The van der Waals surface area contributed by atoms with Gasteiger partial charge in [0.15, 0.2) is 0 Å². The Morgan fingerprint density at radius 3 is 2.94 bits per heavy atom. The minimum absolute atomic E-state index is 0.103. The Balaban J connectivity index is 2.14. The second-order valence-electron chi connectivity index (χ2n) is 3.39. The van der Waals surface area contributed by atoms with Gasteiger partial charge in [0.25, 0.3) is 5.91 Å². The highest BCUT2D eigenvalue weighted by Gasteiger charge is 2.07. The Morgan fingerprint density at radius 2 is 2.31 bits per heavy atom. The molecule has 6 heteroatoms. The van der Waals surface area contributed by atoms with Crippen molar-refractivity contribution in [3.05, 3.63) is 18.2 Å². The molecule has 1 aromatic heterocycles. The second-order valence-corrected chi connectivity index (χ2v) is 3.39. The fourth-order valence-electron chi connectivity index (χ4n) is 1.23. The molecule has 0 aliphatic rings. The smallest absolute Gasteiger partial charge is 0.269 e. The number of amides is 1. The van der Waals surface area contributed by atoms with Gasteiger partial charge in [-0.25, -0.2) is 4.98 Å². The zero-order valence-corrected chi connectivity index (χ0v) is 9.69. The molecule has 1 aromatic rings. The number of hydrogen-bond acceptors (Lipinski definition) is 4. The molecule has 0 aromatic carbocycles. The number of nitrogens with zero attached hydrogens (tertiary/aromatic N) is 2. The number of methoxy groups -OCH3 is 1. The maximum Gasteiger partial charge on any atom is 0.269 e. The summed E-state index contributed by atoms with van der Waals surface area (Å²) in [5.74, 6) is -0.103. The van der Waals surface area contributed by atoms with Gasteiger partial charge in [-0.15, -0.1) is 0 Å². The summed E-state index contributed by atoms with van der Waals surface area (Å²) < 4.78 is 6.57. The zero-order chi connectivity index (χ0) is 11.8. The molecule has 0 unspecified atom stereocenters. The zero-order valence-electron chi connectivity index (χ0n) is 9.69. The van der Waals surface area contributed by atoms with Crippen LogP contribution in [0.3, 0.4) is 0 Å². The van der Waals surface area contributed by atoms with Crippen LogP contribution in [0.25, 0.3) is 0 Å². The summed E-state index contributed by atoms with van der Waals surface area (Å²) in [6, 6.07) is 0. The minimum atomic E-state index is -0.103. The molecule has 0 saturated heterocycles. The van der Waals surface area contributed by atoms with Gasteiger partial charge in [-0.05, 0) is 0 Å². The molecule has 1 heterocycles. The topological polar surface area (TPSA) is 68.2 Å². The highest BCUT2D eigenvalue weighted by Crippen LogP contribution is 1.94. The SMILES string of the molecule is COCCNCCNC(=O)c1cncn1C. The van der Waals surface area contributed by atoms with Crippen molar-refractivity contribution in [3.8, 4) is 0 Å². The van der Waals surface area contributed by atoms with Gasteiger partial charge in [0.05, 0.1) is 19.1 Å². The first kappa shape index (κ1) is 12.7. The van der Waals surface area contributed by atoms with Crippen molar-refractivity contribution >= 4 is 5.91 Å². The van der Waals surface area contributed by atoms with Crippen LogP contribution in [0.15, 0.2) is 12.5 Å². The highest BCUT2D eigenvalue weighted by molar-refractivity contribution is 5.92. The van der Waals surface area contributed by atoms with Crippen LogP contribution in [0.4, 0.5) is 0 Å². The lowest BCUT2D eigenvalue weighted by Gasteiger charge is -2.06. The number of hydrogen-bond donors (Lipinski definition) is 2. The van der Waals surface area contributed by atoms with Gasteiger partial charge in [0.1, 0.15) is 5.69 Å². The van der Waals surface area contributed by atoms with Crippen LogP contribution in [0.1, 0.15) is 10.5 Å². The average Bonchev–Trinajstić information content (AvgIpc) is 2.69. The number of aryl methyl sites for hydroxylation is 1. The van der Waals surface area contributed by atoms with Gasteiger partial charge in [0, 0.05) is 33.8 Å². The third kappa shape index (κ3) is 4.00. The van der Waals surface area contributed by atoms with E-state index < -0.39 is 0 Å². The molecule has 1 rings (SSSR count). The summed E-state index contributed by atoms with van der Waals surface area (Å²) in [5.41, 5.74) is 0.567. The molecule has 2 N–H and O–H groups in total. The van der Waals surface area contributed by atoms with E-state index in [0.29, 0.717) is 18.8 Å².